The summed E-state index contributed by atoms with van der Waals surface area (Å²) in [5.41, 5.74) is -1.80. The highest BCUT2D eigenvalue weighted by Gasteiger charge is 2.26. The van der Waals surface area contributed by atoms with Crippen LogP contribution in [0.3, 0.4) is 0 Å². The number of nitro groups is 2. The number of benzene rings is 3. The number of phenolic OH excluding ortho intramolecular Hbond substituents is 1. The number of aromatic hydroxyl groups is 1. The minimum Gasteiger partial charge on any atom is -0.504 e. The fourth-order valence-electron chi connectivity index (χ4n) is 2.60. The van der Waals surface area contributed by atoms with Crippen LogP contribution in [0.25, 0.3) is 0 Å². The fraction of sp³-hybridized carbons (Fsp3) is 0. The molecule has 0 atom stereocenters. The number of nitro benzene ring substituents is 2. The van der Waals surface area contributed by atoms with Gasteiger partial charge in [-0.1, -0.05) is 30.3 Å². The monoisotopic (exact) mass is 424 g/mol. The molecule has 0 saturated heterocycles. The lowest BCUT2D eigenvalue weighted by Gasteiger charge is -2.12. The molecule has 0 aliphatic carbocycles. The number of carbonyl (C=O) groups excluding carboxylic acids is 2. The van der Waals surface area contributed by atoms with Crippen molar-refractivity contribution in [2.24, 2.45) is 0 Å². The van der Waals surface area contributed by atoms with E-state index < -0.39 is 56.0 Å². The summed E-state index contributed by atoms with van der Waals surface area (Å²) in [5.74, 6) is -3.93. The number of rotatable bonds is 6. The first kappa shape index (κ1) is 20.9. The van der Waals surface area contributed by atoms with E-state index in [-0.39, 0.29) is 5.56 Å². The van der Waals surface area contributed by atoms with Crippen LogP contribution in [0.4, 0.5) is 11.4 Å². The maximum Gasteiger partial charge on any atom is 0.350 e. The number of hydrogen-bond donors (Lipinski definition) is 1. The third kappa shape index (κ3) is 4.45. The van der Waals surface area contributed by atoms with Crippen molar-refractivity contribution >= 4 is 23.3 Å². The van der Waals surface area contributed by atoms with Gasteiger partial charge >= 0.3 is 11.9 Å². The van der Waals surface area contributed by atoms with Gasteiger partial charge in [-0.15, -0.1) is 0 Å². The van der Waals surface area contributed by atoms with Crippen LogP contribution in [0.2, 0.25) is 0 Å². The van der Waals surface area contributed by atoms with Crippen molar-refractivity contribution in [3.63, 3.8) is 0 Å². The van der Waals surface area contributed by atoms with Gasteiger partial charge in [0.2, 0.25) is 5.75 Å². The molecule has 11 nitrogen and oxygen atoms in total. The average molecular weight is 424 g/mol. The molecule has 3 aromatic carbocycles. The van der Waals surface area contributed by atoms with Crippen molar-refractivity contribution in [2.75, 3.05) is 0 Å². The molecule has 0 spiro atoms. The third-order valence-electron chi connectivity index (χ3n) is 4.00. The molecule has 0 radical (unpaired) electrons. The van der Waals surface area contributed by atoms with Crippen LogP contribution in [0.15, 0.2) is 66.7 Å². The number of esters is 2. The molecule has 0 fully saturated rings. The van der Waals surface area contributed by atoms with E-state index in [2.05, 4.69) is 0 Å². The van der Waals surface area contributed by atoms with Crippen molar-refractivity contribution in [1.29, 1.82) is 0 Å². The Bertz CT molecular complexity index is 1210. The Hall–Kier alpha value is -4.80. The van der Waals surface area contributed by atoms with Gasteiger partial charge < -0.3 is 14.6 Å². The van der Waals surface area contributed by atoms with E-state index in [4.69, 9.17) is 9.47 Å². The Morgan fingerprint density at radius 1 is 0.710 bits per heavy atom. The van der Waals surface area contributed by atoms with Crippen molar-refractivity contribution in [3.05, 3.63) is 98.1 Å². The maximum absolute atomic E-state index is 12.5. The van der Waals surface area contributed by atoms with Crippen LogP contribution >= 0.6 is 0 Å². The first-order valence-electron chi connectivity index (χ1n) is 8.52. The highest BCUT2D eigenvalue weighted by Crippen LogP contribution is 2.38. The van der Waals surface area contributed by atoms with Gasteiger partial charge in [0.05, 0.1) is 9.85 Å². The Morgan fingerprint density at radius 2 is 1.19 bits per heavy atom. The van der Waals surface area contributed by atoms with Gasteiger partial charge in [0.15, 0.2) is 11.5 Å². The Labute approximate surface area is 173 Å². The second-order valence-corrected chi connectivity index (χ2v) is 5.93. The Kier molecular flexibility index (Phi) is 5.87. The molecule has 0 aliphatic rings. The largest absolute Gasteiger partial charge is 0.504 e. The summed E-state index contributed by atoms with van der Waals surface area (Å²) in [7, 11) is 0. The van der Waals surface area contributed by atoms with Gasteiger partial charge in [-0.3, -0.25) is 20.2 Å². The zero-order valence-electron chi connectivity index (χ0n) is 15.5. The minimum absolute atomic E-state index is 0.369. The van der Waals surface area contributed by atoms with Gasteiger partial charge in [0, 0.05) is 12.1 Å². The zero-order valence-corrected chi connectivity index (χ0v) is 15.5. The number of ether oxygens (including phenoxy) is 2. The van der Waals surface area contributed by atoms with Crippen LogP contribution in [0.1, 0.15) is 20.7 Å². The second-order valence-electron chi connectivity index (χ2n) is 5.93. The summed E-state index contributed by atoms with van der Waals surface area (Å²) in [5, 5.41) is 32.3. The summed E-state index contributed by atoms with van der Waals surface area (Å²) < 4.78 is 10.2. The van der Waals surface area contributed by atoms with Gasteiger partial charge in [0.25, 0.3) is 11.4 Å². The second kappa shape index (κ2) is 8.69. The van der Waals surface area contributed by atoms with Gasteiger partial charge in [0.1, 0.15) is 11.1 Å². The van der Waals surface area contributed by atoms with E-state index in [0.717, 1.165) is 24.3 Å². The number of carbonyl (C=O) groups is 2. The Morgan fingerprint density at radius 3 is 1.71 bits per heavy atom. The van der Waals surface area contributed by atoms with Crippen LogP contribution in [-0.2, 0) is 0 Å². The van der Waals surface area contributed by atoms with E-state index in [0.29, 0.717) is 0 Å². The standard InChI is InChI=1S/C20H12N2O9/c23-16-10-5-11-17(30-19(24)12-6-1-3-8-14(12)21(26)27)18(16)31-20(25)13-7-2-4-9-15(13)22(28)29/h1-11,23H. The molecule has 0 heterocycles. The first-order chi connectivity index (χ1) is 14.8. The number of nitrogens with zero attached hydrogens (tertiary/aromatic N) is 2. The zero-order chi connectivity index (χ0) is 22.5. The lowest BCUT2D eigenvalue weighted by Crippen LogP contribution is -2.14. The predicted octanol–water partition coefficient (Wildman–Crippen LogP) is 3.65. The number of phenols is 1. The average Bonchev–Trinajstić information content (AvgIpc) is 2.75. The summed E-state index contributed by atoms with van der Waals surface area (Å²) in [6.45, 7) is 0. The molecule has 1 N–H and O–H groups in total. The van der Waals surface area contributed by atoms with Gasteiger partial charge in [-0.25, -0.2) is 9.59 Å². The van der Waals surface area contributed by atoms with Gasteiger partial charge in [-0.05, 0) is 24.3 Å². The van der Waals surface area contributed by atoms with Crippen molar-refractivity contribution in [2.45, 2.75) is 0 Å². The fourth-order valence-corrected chi connectivity index (χ4v) is 2.60. The summed E-state index contributed by atoms with van der Waals surface area (Å²) in [6.07, 6.45) is 0. The molecule has 0 unspecified atom stereocenters. The van der Waals surface area contributed by atoms with Crippen LogP contribution in [0, 0.1) is 20.2 Å². The summed E-state index contributed by atoms with van der Waals surface area (Å²) in [4.78, 5) is 45.6. The highest BCUT2D eigenvalue weighted by atomic mass is 16.6. The van der Waals surface area contributed by atoms with Crippen molar-refractivity contribution in [1.82, 2.24) is 0 Å². The highest BCUT2D eigenvalue weighted by molar-refractivity contribution is 5.97. The third-order valence-corrected chi connectivity index (χ3v) is 4.00. The van der Waals surface area contributed by atoms with E-state index in [1.54, 1.807) is 0 Å². The molecule has 31 heavy (non-hydrogen) atoms. The van der Waals surface area contributed by atoms with Crippen molar-refractivity contribution < 1.29 is 34.0 Å². The molecule has 0 aliphatic heterocycles. The number of hydrogen-bond acceptors (Lipinski definition) is 9. The van der Waals surface area contributed by atoms with E-state index in [9.17, 15) is 34.9 Å². The SMILES string of the molecule is O=C(Oc1cccc(O)c1OC(=O)c1ccccc1[N+](=O)[O-])c1ccccc1[N+](=O)[O-]. The Balaban J connectivity index is 1.93. The quantitative estimate of drug-likeness (QED) is 0.270. The van der Waals surface area contributed by atoms with Crippen LogP contribution in [0.5, 0.6) is 17.2 Å². The minimum atomic E-state index is -1.18. The molecule has 3 aromatic rings. The molecule has 0 aromatic heterocycles. The molecule has 0 saturated carbocycles. The van der Waals surface area contributed by atoms with Crippen LogP contribution in [-0.4, -0.2) is 26.9 Å². The normalized spacial score (nSPS) is 10.2. The first-order valence-corrected chi connectivity index (χ1v) is 8.52. The molecule has 11 heteroatoms. The molecule has 156 valence electrons. The molecule has 0 amide bonds. The lowest BCUT2D eigenvalue weighted by molar-refractivity contribution is -0.385. The predicted molar refractivity (Wildman–Crippen MR) is 104 cm³/mol. The van der Waals surface area contributed by atoms with E-state index >= 15 is 0 Å². The van der Waals surface area contributed by atoms with E-state index in [1.165, 1.54) is 42.5 Å². The van der Waals surface area contributed by atoms with Crippen LogP contribution < -0.4 is 9.47 Å². The molecular weight excluding hydrogens is 412 g/mol. The molecular formula is C20H12N2O9. The van der Waals surface area contributed by atoms with Crippen molar-refractivity contribution in [3.8, 4) is 17.2 Å². The topological polar surface area (TPSA) is 159 Å². The molecule has 3 rings (SSSR count). The van der Waals surface area contributed by atoms with Gasteiger partial charge in [-0.2, -0.15) is 0 Å². The smallest absolute Gasteiger partial charge is 0.350 e. The summed E-state index contributed by atoms with van der Waals surface area (Å²) >= 11 is 0. The lowest BCUT2D eigenvalue weighted by atomic mass is 10.2. The number of para-hydroxylation sites is 3. The molecule has 0 bridgehead atoms. The summed E-state index contributed by atoms with van der Waals surface area (Å²) in [6, 6.07) is 13.6. The maximum atomic E-state index is 12.5. The van der Waals surface area contributed by atoms with E-state index in [1.807, 2.05) is 0 Å².